The molecule has 3 aromatic rings. The van der Waals surface area contributed by atoms with E-state index < -0.39 is 9.84 Å². The van der Waals surface area contributed by atoms with Crippen LogP contribution < -0.4 is 4.74 Å². The summed E-state index contributed by atoms with van der Waals surface area (Å²) in [6.07, 6.45) is 1.19. The highest BCUT2D eigenvalue weighted by molar-refractivity contribution is 7.90. The predicted molar refractivity (Wildman–Crippen MR) is 106 cm³/mol. The van der Waals surface area contributed by atoms with Gasteiger partial charge in [-0.25, -0.2) is 8.42 Å². The molecule has 0 atom stereocenters. The van der Waals surface area contributed by atoms with Crippen LogP contribution in [0.3, 0.4) is 0 Å². The topological polar surface area (TPSA) is 48.3 Å². The van der Waals surface area contributed by atoms with E-state index in [2.05, 4.69) is 0 Å². The highest BCUT2D eigenvalue weighted by Gasteiger charge is 2.15. The van der Waals surface area contributed by atoms with Crippen molar-refractivity contribution in [2.45, 2.75) is 11.8 Å². The van der Waals surface area contributed by atoms with Gasteiger partial charge in [0.05, 0.1) is 27.7 Å². The molecule has 0 fully saturated rings. The van der Waals surface area contributed by atoms with Crippen molar-refractivity contribution in [3.05, 3.63) is 64.3 Å². The fraction of sp³-hybridized carbons (Fsp3) is 0.158. The molecule has 0 unspecified atom stereocenters. The average Bonchev–Trinajstić information content (AvgIpc) is 2.95. The second-order valence-electron chi connectivity index (χ2n) is 5.93. The molecule has 136 valence electrons. The number of nitrogens with zero attached hydrogens (tertiary/aromatic N) is 1. The Morgan fingerprint density at radius 1 is 0.962 bits per heavy atom. The van der Waals surface area contributed by atoms with Gasteiger partial charge in [0, 0.05) is 17.6 Å². The monoisotopic (exact) mass is 409 g/mol. The second-order valence-corrected chi connectivity index (χ2v) is 8.76. The van der Waals surface area contributed by atoms with E-state index in [-0.39, 0.29) is 4.90 Å². The van der Waals surface area contributed by atoms with Crippen molar-refractivity contribution >= 4 is 33.0 Å². The van der Waals surface area contributed by atoms with E-state index in [1.54, 1.807) is 36.4 Å². The van der Waals surface area contributed by atoms with Gasteiger partial charge in [-0.1, -0.05) is 35.3 Å². The first kappa shape index (κ1) is 18.8. The smallest absolute Gasteiger partial charge is 0.175 e. The van der Waals surface area contributed by atoms with Gasteiger partial charge in [0.2, 0.25) is 0 Å². The van der Waals surface area contributed by atoms with Crippen LogP contribution in [0.5, 0.6) is 5.75 Å². The number of sulfone groups is 1. The molecule has 0 aliphatic carbocycles. The fourth-order valence-electron chi connectivity index (χ4n) is 2.85. The van der Waals surface area contributed by atoms with Crippen molar-refractivity contribution in [3.63, 3.8) is 0 Å². The minimum absolute atomic E-state index is 0.284. The molecule has 0 saturated heterocycles. The number of benzene rings is 2. The van der Waals surface area contributed by atoms with Crippen LogP contribution in [-0.4, -0.2) is 26.4 Å². The lowest BCUT2D eigenvalue weighted by Gasteiger charge is -2.15. The van der Waals surface area contributed by atoms with Crippen LogP contribution in [0, 0.1) is 6.92 Å². The zero-order valence-electron chi connectivity index (χ0n) is 14.5. The fourth-order valence-corrected chi connectivity index (χ4v) is 4.11. The van der Waals surface area contributed by atoms with Crippen LogP contribution in [0.2, 0.25) is 10.0 Å². The third kappa shape index (κ3) is 3.47. The number of aromatic nitrogens is 1. The van der Waals surface area contributed by atoms with Crippen molar-refractivity contribution in [3.8, 4) is 22.7 Å². The number of rotatable bonds is 4. The molecule has 0 amide bonds. The summed E-state index contributed by atoms with van der Waals surface area (Å²) in [4.78, 5) is 0.284. The van der Waals surface area contributed by atoms with Crippen molar-refractivity contribution in [2.24, 2.45) is 0 Å². The standard InChI is InChI=1S/C19H17Cl2NO3S/c1-12-4-9-18(13-5-7-15(8-6-13)26(3,23)24)22(12)14-10-16(20)19(25-2)17(21)11-14/h4-11H,1-3H3. The maximum Gasteiger partial charge on any atom is 0.175 e. The molecule has 0 bridgehead atoms. The van der Waals surface area contributed by atoms with E-state index in [9.17, 15) is 8.42 Å². The zero-order chi connectivity index (χ0) is 19.1. The van der Waals surface area contributed by atoms with Crippen molar-refractivity contribution < 1.29 is 13.2 Å². The average molecular weight is 410 g/mol. The van der Waals surface area contributed by atoms with E-state index in [1.165, 1.54) is 13.4 Å². The normalized spacial score (nSPS) is 11.6. The van der Waals surface area contributed by atoms with E-state index in [1.807, 2.05) is 23.6 Å². The highest BCUT2D eigenvalue weighted by Crippen LogP contribution is 2.37. The van der Waals surface area contributed by atoms with Gasteiger partial charge in [0.1, 0.15) is 0 Å². The third-order valence-corrected chi connectivity index (χ3v) is 5.79. The van der Waals surface area contributed by atoms with Gasteiger partial charge in [0.25, 0.3) is 0 Å². The van der Waals surface area contributed by atoms with Gasteiger partial charge < -0.3 is 9.30 Å². The lowest BCUT2D eigenvalue weighted by atomic mass is 10.1. The van der Waals surface area contributed by atoms with E-state index in [4.69, 9.17) is 27.9 Å². The Morgan fingerprint density at radius 3 is 2.04 bits per heavy atom. The molecule has 1 aromatic heterocycles. The molecular weight excluding hydrogens is 393 g/mol. The summed E-state index contributed by atoms with van der Waals surface area (Å²) in [7, 11) is -1.72. The SMILES string of the molecule is COc1c(Cl)cc(-n2c(C)ccc2-c2ccc(S(C)(=O)=O)cc2)cc1Cl. The van der Waals surface area contributed by atoms with E-state index >= 15 is 0 Å². The summed E-state index contributed by atoms with van der Waals surface area (Å²) in [6.45, 7) is 1.97. The Labute approximate surface area is 162 Å². The molecule has 7 heteroatoms. The summed E-state index contributed by atoms with van der Waals surface area (Å²) in [6, 6.07) is 14.3. The van der Waals surface area contributed by atoms with Gasteiger partial charge in [-0.15, -0.1) is 0 Å². The van der Waals surface area contributed by atoms with E-state index in [0.717, 1.165) is 22.6 Å². The Morgan fingerprint density at radius 2 is 1.54 bits per heavy atom. The Bertz CT molecular complexity index is 1050. The van der Waals surface area contributed by atoms with E-state index in [0.29, 0.717) is 15.8 Å². The number of hydrogen-bond acceptors (Lipinski definition) is 3. The van der Waals surface area contributed by atoms with Gasteiger partial charge in [-0.05, 0) is 48.9 Å². The molecule has 0 spiro atoms. The number of ether oxygens (including phenoxy) is 1. The minimum Gasteiger partial charge on any atom is -0.494 e. The largest absolute Gasteiger partial charge is 0.494 e. The molecule has 0 aliphatic heterocycles. The van der Waals surface area contributed by atoms with Gasteiger partial charge in [-0.3, -0.25) is 0 Å². The maximum atomic E-state index is 11.7. The molecule has 0 N–H and O–H groups in total. The van der Waals surface area contributed by atoms with Crippen molar-refractivity contribution in [1.29, 1.82) is 0 Å². The minimum atomic E-state index is -3.23. The molecule has 0 radical (unpaired) electrons. The second kappa shape index (κ2) is 6.99. The zero-order valence-corrected chi connectivity index (χ0v) is 16.8. The lowest BCUT2D eigenvalue weighted by molar-refractivity contribution is 0.415. The highest BCUT2D eigenvalue weighted by atomic mass is 35.5. The lowest BCUT2D eigenvalue weighted by Crippen LogP contribution is -2.01. The number of methoxy groups -OCH3 is 1. The molecule has 26 heavy (non-hydrogen) atoms. The molecule has 0 aliphatic rings. The van der Waals surface area contributed by atoms with Crippen LogP contribution in [-0.2, 0) is 9.84 Å². The summed E-state index contributed by atoms with van der Waals surface area (Å²) in [5, 5.41) is 0.836. The molecule has 3 rings (SSSR count). The van der Waals surface area contributed by atoms with Gasteiger partial charge in [0.15, 0.2) is 15.6 Å². The number of halogens is 2. The summed E-state index contributed by atoms with van der Waals surface area (Å²) < 4.78 is 30.5. The molecule has 2 aromatic carbocycles. The summed E-state index contributed by atoms with van der Waals surface area (Å²) >= 11 is 12.6. The Balaban J connectivity index is 2.14. The first-order chi connectivity index (χ1) is 12.2. The predicted octanol–water partition coefficient (Wildman–Crippen LogP) is 5.17. The first-order valence-corrected chi connectivity index (χ1v) is 10.4. The number of hydrogen-bond donors (Lipinski definition) is 0. The summed E-state index contributed by atoms with van der Waals surface area (Å²) in [5.74, 6) is 0.431. The quantitative estimate of drug-likeness (QED) is 0.596. The molecule has 0 saturated carbocycles. The Kier molecular flexibility index (Phi) is 5.06. The first-order valence-electron chi connectivity index (χ1n) is 7.74. The molecular formula is C19H17Cl2NO3S. The number of aryl methyl sites for hydroxylation is 1. The van der Waals surface area contributed by atoms with Crippen LogP contribution in [0.4, 0.5) is 0 Å². The van der Waals surface area contributed by atoms with Gasteiger partial charge in [-0.2, -0.15) is 0 Å². The molecule has 4 nitrogen and oxygen atoms in total. The molecule has 1 heterocycles. The van der Waals surface area contributed by atoms with Crippen molar-refractivity contribution in [1.82, 2.24) is 4.57 Å². The summed E-state index contributed by atoms with van der Waals surface area (Å²) in [5.41, 5.74) is 3.57. The van der Waals surface area contributed by atoms with Crippen LogP contribution in [0.25, 0.3) is 16.9 Å². The Hall–Kier alpha value is -1.95. The maximum absolute atomic E-state index is 11.7. The van der Waals surface area contributed by atoms with Gasteiger partial charge >= 0.3 is 0 Å². The van der Waals surface area contributed by atoms with Crippen LogP contribution in [0.15, 0.2) is 53.4 Å². The van der Waals surface area contributed by atoms with Crippen LogP contribution in [0.1, 0.15) is 5.69 Å². The van der Waals surface area contributed by atoms with Crippen molar-refractivity contribution in [2.75, 3.05) is 13.4 Å². The van der Waals surface area contributed by atoms with Crippen LogP contribution >= 0.6 is 23.2 Å². The third-order valence-electron chi connectivity index (χ3n) is 4.10.